The van der Waals surface area contributed by atoms with Crippen molar-refractivity contribution in [2.75, 3.05) is 45.0 Å². The van der Waals surface area contributed by atoms with E-state index in [4.69, 9.17) is 0 Å². The van der Waals surface area contributed by atoms with Crippen molar-refractivity contribution in [3.8, 4) is 0 Å². The van der Waals surface area contributed by atoms with Crippen LogP contribution in [-0.2, 0) is 11.3 Å². The molecular weight excluding hydrogens is 358 g/mol. The van der Waals surface area contributed by atoms with Crippen molar-refractivity contribution in [3.05, 3.63) is 48.0 Å². The largest absolute Gasteiger partial charge is 0.340 e. The second-order valence-corrected chi connectivity index (χ2v) is 8.19. The van der Waals surface area contributed by atoms with Crippen LogP contribution in [0.1, 0.15) is 12.0 Å². The van der Waals surface area contributed by atoms with Crippen molar-refractivity contribution in [1.29, 1.82) is 0 Å². The third-order valence-corrected chi connectivity index (χ3v) is 6.33. The van der Waals surface area contributed by atoms with Gasteiger partial charge in [0.2, 0.25) is 5.91 Å². The van der Waals surface area contributed by atoms with Gasteiger partial charge in [-0.2, -0.15) is 0 Å². The highest BCUT2D eigenvalue weighted by Crippen LogP contribution is 2.21. The van der Waals surface area contributed by atoms with Gasteiger partial charge in [0, 0.05) is 58.0 Å². The van der Waals surface area contributed by atoms with Crippen LogP contribution < -0.4 is 0 Å². The Labute approximate surface area is 164 Å². The minimum absolute atomic E-state index is 0.114. The molecule has 5 nitrogen and oxygen atoms in total. The number of thioether (sulfide) groups is 1. The molecule has 0 N–H and O–H groups in total. The molecule has 2 fully saturated rings. The highest BCUT2D eigenvalue weighted by molar-refractivity contribution is 8.13. The van der Waals surface area contributed by atoms with Crippen LogP contribution in [0, 0.1) is 0 Å². The molecule has 142 valence electrons. The molecule has 0 bridgehead atoms. The van der Waals surface area contributed by atoms with Crippen LogP contribution >= 0.6 is 11.8 Å². The molecule has 2 aliphatic rings. The maximum absolute atomic E-state index is 12.5. The number of benzene rings is 2. The fourth-order valence-corrected chi connectivity index (χ4v) is 4.70. The van der Waals surface area contributed by atoms with Gasteiger partial charge < -0.3 is 9.80 Å². The summed E-state index contributed by atoms with van der Waals surface area (Å²) >= 11 is 1.35. The van der Waals surface area contributed by atoms with Crippen molar-refractivity contribution in [2.24, 2.45) is 0 Å². The Morgan fingerprint density at radius 1 is 0.963 bits per heavy atom. The van der Waals surface area contributed by atoms with Gasteiger partial charge in [-0.25, -0.2) is 0 Å². The number of fused-ring (bicyclic) bond motifs is 1. The molecule has 0 radical (unpaired) electrons. The average Bonchev–Trinajstić information content (AvgIpc) is 3.12. The molecule has 27 heavy (non-hydrogen) atoms. The van der Waals surface area contributed by atoms with Gasteiger partial charge in [-0.3, -0.25) is 14.5 Å². The number of amides is 2. The minimum atomic E-state index is 0.114. The van der Waals surface area contributed by atoms with Crippen LogP contribution in [0.25, 0.3) is 10.8 Å². The number of hydrogen-bond donors (Lipinski definition) is 0. The Hall–Kier alpha value is -2.05. The SMILES string of the molecule is O=C(CCN1CCSC1=O)N1CCN(Cc2cccc3ccccc23)CC1. The zero-order valence-corrected chi connectivity index (χ0v) is 16.3. The van der Waals surface area contributed by atoms with E-state index in [2.05, 4.69) is 47.4 Å². The smallest absolute Gasteiger partial charge is 0.281 e. The Morgan fingerprint density at radius 2 is 1.74 bits per heavy atom. The molecule has 0 aliphatic carbocycles. The first-order valence-electron chi connectivity index (χ1n) is 9.59. The van der Waals surface area contributed by atoms with Crippen LogP contribution in [0.3, 0.4) is 0 Å². The average molecular weight is 384 g/mol. The molecule has 2 aromatic rings. The zero-order chi connectivity index (χ0) is 18.6. The summed E-state index contributed by atoms with van der Waals surface area (Å²) in [5.74, 6) is 1.02. The third-order valence-electron chi connectivity index (χ3n) is 5.44. The van der Waals surface area contributed by atoms with E-state index in [1.54, 1.807) is 4.90 Å². The summed E-state index contributed by atoms with van der Waals surface area (Å²) in [6.07, 6.45) is 0.440. The van der Waals surface area contributed by atoms with E-state index in [9.17, 15) is 9.59 Å². The molecule has 2 saturated heterocycles. The Bertz CT molecular complexity index is 828. The third kappa shape index (κ3) is 4.28. The van der Waals surface area contributed by atoms with E-state index in [0.717, 1.165) is 45.0 Å². The summed E-state index contributed by atoms with van der Waals surface area (Å²) in [7, 11) is 0. The van der Waals surface area contributed by atoms with E-state index in [-0.39, 0.29) is 11.1 Å². The molecule has 4 rings (SSSR count). The highest BCUT2D eigenvalue weighted by Gasteiger charge is 2.25. The lowest BCUT2D eigenvalue weighted by Crippen LogP contribution is -2.48. The molecule has 0 saturated carbocycles. The van der Waals surface area contributed by atoms with Gasteiger partial charge in [-0.05, 0) is 16.3 Å². The number of carbonyl (C=O) groups is 2. The molecule has 2 aromatic carbocycles. The van der Waals surface area contributed by atoms with Crippen LogP contribution in [0.15, 0.2) is 42.5 Å². The number of nitrogens with zero attached hydrogens (tertiary/aromatic N) is 3. The molecule has 2 amide bonds. The van der Waals surface area contributed by atoms with Gasteiger partial charge in [0.15, 0.2) is 0 Å². The topological polar surface area (TPSA) is 43.9 Å². The molecule has 6 heteroatoms. The van der Waals surface area contributed by atoms with Crippen LogP contribution in [-0.4, -0.2) is 70.9 Å². The number of piperazine rings is 1. The lowest BCUT2D eigenvalue weighted by Gasteiger charge is -2.35. The van der Waals surface area contributed by atoms with E-state index >= 15 is 0 Å². The molecule has 0 aromatic heterocycles. The van der Waals surface area contributed by atoms with Crippen molar-refractivity contribution >= 4 is 33.7 Å². The van der Waals surface area contributed by atoms with E-state index < -0.39 is 0 Å². The van der Waals surface area contributed by atoms with Crippen LogP contribution in [0.5, 0.6) is 0 Å². The van der Waals surface area contributed by atoms with Crippen molar-refractivity contribution in [3.63, 3.8) is 0 Å². The quantitative estimate of drug-likeness (QED) is 0.796. The summed E-state index contributed by atoms with van der Waals surface area (Å²) < 4.78 is 0. The lowest BCUT2D eigenvalue weighted by atomic mass is 10.0. The van der Waals surface area contributed by atoms with Gasteiger partial charge in [-0.15, -0.1) is 0 Å². The Morgan fingerprint density at radius 3 is 2.52 bits per heavy atom. The fraction of sp³-hybridized carbons (Fsp3) is 0.429. The predicted octanol–water partition coefficient (Wildman–Crippen LogP) is 3.04. The van der Waals surface area contributed by atoms with Gasteiger partial charge >= 0.3 is 0 Å². The molecule has 0 spiro atoms. The Balaban J connectivity index is 1.28. The first-order chi connectivity index (χ1) is 13.2. The van der Waals surface area contributed by atoms with E-state index in [1.807, 2.05) is 4.90 Å². The van der Waals surface area contributed by atoms with Crippen molar-refractivity contribution < 1.29 is 9.59 Å². The molecular formula is C21H25N3O2S. The van der Waals surface area contributed by atoms with Gasteiger partial charge in [0.1, 0.15) is 0 Å². The van der Waals surface area contributed by atoms with Crippen molar-refractivity contribution in [2.45, 2.75) is 13.0 Å². The summed E-state index contributed by atoms with van der Waals surface area (Å²) in [5.41, 5.74) is 1.35. The second kappa shape index (κ2) is 8.31. The predicted molar refractivity (Wildman–Crippen MR) is 110 cm³/mol. The van der Waals surface area contributed by atoms with Gasteiger partial charge in [-0.1, -0.05) is 54.2 Å². The molecule has 2 heterocycles. The molecule has 0 unspecified atom stereocenters. The number of rotatable bonds is 5. The Kier molecular flexibility index (Phi) is 5.64. The minimum Gasteiger partial charge on any atom is -0.340 e. The van der Waals surface area contributed by atoms with E-state index in [0.29, 0.717) is 13.0 Å². The zero-order valence-electron chi connectivity index (χ0n) is 15.5. The molecule has 0 atom stereocenters. The first-order valence-corrected chi connectivity index (χ1v) is 10.6. The monoisotopic (exact) mass is 383 g/mol. The maximum atomic E-state index is 12.5. The standard InChI is InChI=1S/C21H25N3O2S/c25-20(8-9-24-14-15-27-21(24)26)23-12-10-22(11-13-23)16-18-6-3-5-17-4-1-2-7-19(17)18/h1-7H,8-16H2. The molecule has 2 aliphatic heterocycles. The summed E-state index contributed by atoms with van der Waals surface area (Å²) in [6, 6.07) is 15.0. The van der Waals surface area contributed by atoms with Gasteiger partial charge in [0.25, 0.3) is 5.24 Å². The second-order valence-electron chi connectivity index (χ2n) is 7.15. The normalized spacial score (nSPS) is 18.4. The first kappa shape index (κ1) is 18.3. The van der Waals surface area contributed by atoms with Crippen molar-refractivity contribution in [1.82, 2.24) is 14.7 Å². The van der Waals surface area contributed by atoms with Crippen LogP contribution in [0.2, 0.25) is 0 Å². The van der Waals surface area contributed by atoms with Gasteiger partial charge in [0.05, 0.1) is 0 Å². The highest BCUT2D eigenvalue weighted by atomic mass is 32.2. The van der Waals surface area contributed by atoms with E-state index in [1.165, 1.54) is 28.1 Å². The maximum Gasteiger partial charge on any atom is 0.281 e. The summed E-state index contributed by atoms with van der Waals surface area (Å²) in [5, 5.41) is 2.70. The number of hydrogen-bond acceptors (Lipinski definition) is 4. The summed E-state index contributed by atoms with van der Waals surface area (Å²) in [6.45, 7) is 5.58. The lowest BCUT2D eigenvalue weighted by molar-refractivity contribution is -0.133. The fourth-order valence-electron chi connectivity index (χ4n) is 3.84. The van der Waals surface area contributed by atoms with Crippen LogP contribution in [0.4, 0.5) is 4.79 Å². The summed E-state index contributed by atoms with van der Waals surface area (Å²) in [4.78, 5) is 30.3. The number of carbonyl (C=O) groups excluding carboxylic acids is 2.